The fourth-order valence-corrected chi connectivity index (χ4v) is 1.60. The largest absolute Gasteiger partial charge is 0.505 e. The first-order valence-corrected chi connectivity index (χ1v) is 5.56. The Morgan fingerprint density at radius 1 is 1.65 bits per heavy atom. The number of pyridine rings is 1. The normalized spacial score (nSPS) is 10.6. The number of carbonyl (C=O) groups is 1. The second kappa shape index (κ2) is 5.90. The number of hydrogen-bond acceptors (Lipinski definition) is 4. The molecule has 1 aromatic rings. The van der Waals surface area contributed by atoms with Crippen LogP contribution >= 0.6 is 15.9 Å². The molecule has 1 N–H and O–H groups in total. The number of carbonyl (C=O) groups excluding carboxylic acids is 1. The standard InChI is InChI=1S/C10H10BrF2NO3/c1-2-17-6(15)3-5-4-14-9(11)8(16)7(5)10(12)13/h4,10,16H,2-3H2,1H3. The van der Waals surface area contributed by atoms with Crippen molar-refractivity contribution in [2.75, 3.05) is 6.61 Å². The molecule has 0 radical (unpaired) electrons. The van der Waals surface area contributed by atoms with Gasteiger partial charge in [0.15, 0.2) is 5.75 Å². The van der Waals surface area contributed by atoms with E-state index in [1.165, 1.54) is 0 Å². The molecule has 4 nitrogen and oxygen atoms in total. The maximum atomic E-state index is 12.7. The minimum Gasteiger partial charge on any atom is -0.505 e. The molecule has 17 heavy (non-hydrogen) atoms. The lowest BCUT2D eigenvalue weighted by Crippen LogP contribution is -2.10. The molecule has 0 bridgehead atoms. The smallest absolute Gasteiger partial charge is 0.310 e. The van der Waals surface area contributed by atoms with Gasteiger partial charge in [-0.3, -0.25) is 4.79 Å². The highest BCUT2D eigenvalue weighted by Gasteiger charge is 2.22. The van der Waals surface area contributed by atoms with Gasteiger partial charge in [-0.25, -0.2) is 13.8 Å². The number of aromatic hydroxyl groups is 1. The number of ether oxygens (including phenoxy) is 1. The van der Waals surface area contributed by atoms with Gasteiger partial charge in [0.1, 0.15) is 4.60 Å². The Morgan fingerprint density at radius 2 is 2.29 bits per heavy atom. The Bertz CT molecular complexity index is 426. The van der Waals surface area contributed by atoms with Crippen molar-refractivity contribution >= 4 is 21.9 Å². The van der Waals surface area contributed by atoms with E-state index in [1.54, 1.807) is 6.92 Å². The van der Waals surface area contributed by atoms with Gasteiger partial charge in [-0.2, -0.15) is 0 Å². The van der Waals surface area contributed by atoms with Crippen LogP contribution in [-0.4, -0.2) is 22.7 Å². The van der Waals surface area contributed by atoms with Crippen molar-refractivity contribution in [2.45, 2.75) is 19.8 Å². The molecule has 0 fully saturated rings. The molecule has 1 aromatic heterocycles. The zero-order valence-corrected chi connectivity index (χ0v) is 10.5. The Balaban J connectivity index is 3.07. The van der Waals surface area contributed by atoms with Gasteiger partial charge < -0.3 is 9.84 Å². The zero-order valence-electron chi connectivity index (χ0n) is 8.91. The molecule has 94 valence electrons. The summed E-state index contributed by atoms with van der Waals surface area (Å²) in [5.74, 6) is -1.29. The summed E-state index contributed by atoms with van der Waals surface area (Å²) >= 11 is 2.83. The molecule has 1 rings (SSSR count). The average molecular weight is 310 g/mol. The van der Waals surface area contributed by atoms with Gasteiger partial charge in [0.25, 0.3) is 6.43 Å². The fraction of sp³-hybridized carbons (Fsp3) is 0.400. The third kappa shape index (κ3) is 3.36. The van der Waals surface area contributed by atoms with Crippen molar-refractivity contribution in [1.82, 2.24) is 4.98 Å². The first kappa shape index (κ1) is 13.8. The Labute approximate surface area is 105 Å². The predicted octanol–water partition coefficient (Wildman–Crippen LogP) is 2.59. The van der Waals surface area contributed by atoms with Crippen molar-refractivity contribution in [1.29, 1.82) is 0 Å². The summed E-state index contributed by atoms with van der Waals surface area (Å²) in [4.78, 5) is 14.9. The highest BCUT2D eigenvalue weighted by atomic mass is 79.9. The van der Waals surface area contributed by atoms with E-state index in [9.17, 15) is 18.7 Å². The van der Waals surface area contributed by atoms with E-state index < -0.39 is 23.7 Å². The summed E-state index contributed by atoms with van der Waals surface area (Å²) in [7, 11) is 0. The Hall–Kier alpha value is -1.24. The van der Waals surface area contributed by atoms with Crippen molar-refractivity contribution in [3.05, 3.63) is 21.9 Å². The maximum absolute atomic E-state index is 12.7. The topological polar surface area (TPSA) is 59.4 Å². The summed E-state index contributed by atoms with van der Waals surface area (Å²) in [6.45, 7) is 1.78. The molecule has 0 amide bonds. The average Bonchev–Trinajstić information content (AvgIpc) is 2.23. The van der Waals surface area contributed by atoms with Crippen LogP contribution in [0.3, 0.4) is 0 Å². The summed E-state index contributed by atoms with van der Waals surface area (Å²) in [5.41, 5.74) is -0.640. The van der Waals surface area contributed by atoms with Crippen molar-refractivity contribution in [3.63, 3.8) is 0 Å². The van der Waals surface area contributed by atoms with Crippen LogP contribution in [0.4, 0.5) is 8.78 Å². The van der Waals surface area contributed by atoms with E-state index in [0.717, 1.165) is 6.20 Å². The van der Waals surface area contributed by atoms with Crippen LogP contribution in [0.1, 0.15) is 24.5 Å². The second-order valence-corrected chi connectivity index (χ2v) is 3.87. The van der Waals surface area contributed by atoms with Crippen LogP contribution in [0.15, 0.2) is 10.8 Å². The van der Waals surface area contributed by atoms with E-state index in [1.807, 2.05) is 0 Å². The van der Waals surface area contributed by atoms with Gasteiger partial charge in [0, 0.05) is 6.20 Å². The first-order valence-electron chi connectivity index (χ1n) is 4.77. The Kier molecular flexibility index (Phi) is 4.80. The summed E-state index contributed by atoms with van der Waals surface area (Å²) in [6.07, 6.45) is -2.12. The summed E-state index contributed by atoms with van der Waals surface area (Å²) in [5, 5.41) is 9.45. The highest BCUT2D eigenvalue weighted by molar-refractivity contribution is 9.10. The van der Waals surface area contributed by atoms with E-state index >= 15 is 0 Å². The molecule has 0 aliphatic carbocycles. The summed E-state index contributed by atoms with van der Waals surface area (Å²) < 4.78 is 30.1. The van der Waals surface area contributed by atoms with Crippen molar-refractivity contribution < 1.29 is 23.4 Å². The molecular weight excluding hydrogens is 300 g/mol. The minimum absolute atomic E-state index is 0.0425. The zero-order chi connectivity index (χ0) is 13.0. The monoisotopic (exact) mass is 309 g/mol. The maximum Gasteiger partial charge on any atom is 0.310 e. The molecule has 0 saturated heterocycles. The van der Waals surface area contributed by atoms with Crippen molar-refractivity contribution in [2.24, 2.45) is 0 Å². The molecule has 0 atom stereocenters. The van der Waals surface area contributed by atoms with Crippen LogP contribution in [0.5, 0.6) is 5.75 Å². The van der Waals surface area contributed by atoms with Gasteiger partial charge in [-0.05, 0) is 28.4 Å². The number of halogens is 3. The van der Waals surface area contributed by atoms with Crippen LogP contribution in [0, 0.1) is 0 Å². The van der Waals surface area contributed by atoms with E-state index in [-0.39, 0.29) is 23.2 Å². The number of rotatable bonds is 4. The third-order valence-corrected chi connectivity index (χ3v) is 2.57. The van der Waals surface area contributed by atoms with Crippen LogP contribution in [-0.2, 0) is 16.0 Å². The number of alkyl halides is 2. The lowest BCUT2D eigenvalue weighted by molar-refractivity contribution is -0.142. The summed E-state index contributed by atoms with van der Waals surface area (Å²) in [6, 6.07) is 0. The highest BCUT2D eigenvalue weighted by Crippen LogP contribution is 2.35. The quantitative estimate of drug-likeness (QED) is 0.686. The van der Waals surface area contributed by atoms with E-state index in [0.29, 0.717) is 0 Å². The Morgan fingerprint density at radius 3 is 2.82 bits per heavy atom. The SMILES string of the molecule is CCOC(=O)Cc1cnc(Br)c(O)c1C(F)F. The lowest BCUT2D eigenvalue weighted by atomic mass is 10.1. The van der Waals surface area contributed by atoms with Gasteiger partial charge in [0.2, 0.25) is 0 Å². The number of esters is 1. The molecule has 0 unspecified atom stereocenters. The van der Waals surface area contributed by atoms with Gasteiger partial charge >= 0.3 is 5.97 Å². The third-order valence-electron chi connectivity index (χ3n) is 1.99. The minimum atomic E-state index is -2.89. The van der Waals surface area contributed by atoms with Crippen LogP contribution < -0.4 is 0 Å². The number of hydrogen-bond donors (Lipinski definition) is 1. The van der Waals surface area contributed by atoms with Crippen LogP contribution in [0.25, 0.3) is 0 Å². The number of nitrogens with zero attached hydrogens (tertiary/aromatic N) is 1. The molecular formula is C10H10BrF2NO3. The molecule has 0 spiro atoms. The van der Waals surface area contributed by atoms with Crippen molar-refractivity contribution in [3.8, 4) is 5.75 Å². The molecule has 7 heteroatoms. The molecule has 1 heterocycles. The lowest BCUT2D eigenvalue weighted by Gasteiger charge is -2.10. The predicted molar refractivity (Wildman–Crippen MR) is 58.9 cm³/mol. The number of aromatic nitrogens is 1. The van der Waals surface area contributed by atoms with Gasteiger partial charge in [0.05, 0.1) is 18.6 Å². The molecule has 0 aliphatic heterocycles. The second-order valence-electron chi connectivity index (χ2n) is 3.12. The van der Waals surface area contributed by atoms with Crippen LogP contribution in [0.2, 0.25) is 0 Å². The molecule has 0 aliphatic rings. The first-order chi connectivity index (χ1) is 7.97. The van der Waals surface area contributed by atoms with Gasteiger partial charge in [-0.1, -0.05) is 0 Å². The molecule has 0 aromatic carbocycles. The van der Waals surface area contributed by atoms with Gasteiger partial charge in [-0.15, -0.1) is 0 Å². The fourth-order valence-electron chi connectivity index (χ4n) is 1.28. The molecule has 0 saturated carbocycles. The van der Waals surface area contributed by atoms with E-state index in [4.69, 9.17) is 0 Å². The van der Waals surface area contributed by atoms with E-state index in [2.05, 4.69) is 25.7 Å².